The first-order chi connectivity index (χ1) is 12.6. The van der Waals surface area contributed by atoms with Gasteiger partial charge in [-0.15, -0.1) is 0 Å². The van der Waals surface area contributed by atoms with Gasteiger partial charge >= 0.3 is 6.61 Å². The highest BCUT2D eigenvalue weighted by Gasteiger charge is 2.14. The molecule has 0 spiro atoms. The first-order valence-corrected chi connectivity index (χ1v) is 7.82. The zero-order chi connectivity index (χ0) is 18.5. The number of fused-ring (bicyclic) bond motifs is 1. The Hall–Kier alpha value is -3.09. The summed E-state index contributed by atoms with van der Waals surface area (Å²) < 4.78 is 45.2. The monoisotopic (exact) mass is 362 g/mol. The highest BCUT2D eigenvalue weighted by molar-refractivity contribution is 6.07. The number of carbonyl (C=O) groups excluding carboxylic acids is 1. The maximum atomic E-state index is 12.5. The van der Waals surface area contributed by atoms with E-state index in [1.165, 1.54) is 31.4 Å². The first kappa shape index (κ1) is 17.7. The van der Waals surface area contributed by atoms with Gasteiger partial charge in [0.2, 0.25) is 0 Å². The van der Waals surface area contributed by atoms with Crippen LogP contribution in [-0.4, -0.2) is 32.7 Å². The SMILES string of the molecule is COc1ccc(C=CC(=O)c2ccc3c(c2)OCCO3)cc1OC(F)F. The number of ether oxygens (including phenoxy) is 4. The van der Waals surface area contributed by atoms with Crippen molar-refractivity contribution < 1.29 is 32.5 Å². The van der Waals surface area contributed by atoms with Crippen LogP contribution in [0.3, 0.4) is 0 Å². The highest BCUT2D eigenvalue weighted by Crippen LogP contribution is 2.32. The minimum absolute atomic E-state index is 0.101. The molecule has 0 aromatic heterocycles. The summed E-state index contributed by atoms with van der Waals surface area (Å²) in [6.45, 7) is -2.07. The van der Waals surface area contributed by atoms with Gasteiger partial charge in [-0.2, -0.15) is 8.78 Å². The molecule has 0 saturated heterocycles. The second-order valence-electron chi connectivity index (χ2n) is 5.34. The predicted octanol–water partition coefficient (Wildman–Crippen LogP) is 3.96. The van der Waals surface area contributed by atoms with Crippen molar-refractivity contribution in [1.82, 2.24) is 0 Å². The Labute approximate surface area is 148 Å². The maximum Gasteiger partial charge on any atom is 0.387 e. The smallest absolute Gasteiger partial charge is 0.387 e. The van der Waals surface area contributed by atoms with Crippen molar-refractivity contribution >= 4 is 11.9 Å². The fourth-order valence-electron chi connectivity index (χ4n) is 2.45. The van der Waals surface area contributed by atoms with Crippen LogP contribution in [0, 0.1) is 0 Å². The summed E-state index contributed by atoms with van der Waals surface area (Å²) in [5.41, 5.74) is 0.954. The Balaban J connectivity index is 1.77. The second-order valence-corrected chi connectivity index (χ2v) is 5.34. The molecule has 1 aliphatic rings. The predicted molar refractivity (Wildman–Crippen MR) is 90.4 cm³/mol. The lowest BCUT2D eigenvalue weighted by molar-refractivity contribution is -0.0512. The maximum absolute atomic E-state index is 12.5. The van der Waals surface area contributed by atoms with E-state index in [0.717, 1.165) is 0 Å². The topological polar surface area (TPSA) is 54.0 Å². The summed E-state index contributed by atoms with van der Waals surface area (Å²) >= 11 is 0. The Morgan fingerprint density at radius 1 is 1.08 bits per heavy atom. The van der Waals surface area contributed by atoms with E-state index in [9.17, 15) is 13.6 Å². The van der Waals surface area contributed by atoms with Crippen molar-refractivity contribution in [1.29, 1.82) is 0 Å². The zero-order valence-corrected chi connectivity index (χ0v) is 13.9. The summed E-state index contributed by atoms with van der Waals surface area (Å²) in [4.78, 5) is 12.3. The summed E-state index contributed by atoms with van der Waals surface area (Å²) in [6.07, 6.45) is 2.86. The molecule has 2 aromatic carbocycles. The van der Waals surface area contributed by atoms with E-state index in [2.05, 4.69) is 4.74 Å². The highest BCUT2D eigenvalue weighted by atomic mass is 19.3. The minimum atomic E-state index is -2.97. The first-order valence-electron chi connectivity index (χ1n) is 7.82. The fraction of sp³-hybridized carbons (Fsp3) is 0.211. The molecular weight excluding hydrogens is 346 g/mol. The molecule has 1 heterocycles. The molecule has 3 rings (SSSR count). The molecular formula is C19H16F2O5. The normalized spacial score (nSPS) is 13.1. The lowest BCUT2D eigenvalue weighted by Gasteiger charge is -2.18. The van der Waals surface area contributed by atoms with Crippen LogP contribution in [0.2, 0.25) is 0 Å². The molecule has 5 nitrogen and oxygen atoms in total. The van der Waals surface area contributed by atoms with Crippen LogP contribution in [0.1, 0.15) is 15.9 Å². The molecule has 0 N–H and O–H groups in total. The van der Waals surface area contributed by atoms with Gasteiger partial charge in [-0.1, -0.05) is 12.1 Å². The van der Waals surface area contributed by atoms with Crippen LogP contribution in [0.15, 0.2) is 42.5 Å². The average Bonchev–Trinajstić information content (AvgIpc) is 2.65. The number of halogens is 2. The number of rotatable bonds is 6. The van der Waals surface area contributed by atoms with Crippen LogP contribution < -0.4 is 18.9 Å². The number of alkyl halides is 2. The lowest BCUT2D eigenvalue weighted by atomic mass is 10.1. The molecule has 0 aliphatic carbocycles. The summed E-state index contributed by atoms with van der Waals surface area (Å²) in [6, 6.07) is 9.42. The van der Waals surface area contributed by atoms with Crippen LogP contribution in [0.4, 0.5) is 8.78 Å². The molecule has 0 radical (unpaired) electrons. The molecule has 0 unspecified atom stereocenters. The molecule has 0 saturated carbocycles. The molecule has 136 valence electrons. The molecule has 1 aliphatic heterocycles. The molecule has 0 amide bonds. The molecule has 0 fully saturated rings. The Bertz CT molecular complexity index is 833. The summed E-state index contributed by atoms with van der Waals surface area (Å²) in [7, 11) is 1.36. The molecule has 0 bridgehead atoms. The van der Waals surface area contributed by atoms with E-state index in [0.29, 0.717) is 35.8 Å². The van der Waals surface area contributed by atoms with Crippen molar-refractivity contribution in [2.45, 2.75) is 6.61 Å². The van der Waals surface area contributed by atoms with Gasteiger partial charge in [0.1, 0.15) is 13.2 Å². The molecule has 2 aromatic rings. The number of benzene rings is 2. The number of methoxy groups -OCH3 is 1. The third kappa shape index (κ3) is 4.11. The largest absolute Gasteiger partial charge is 0.493 e. The van der Waals surface area contributed by atoms with Crippen LogP contribution in [0.5, 0.6) is 23.0 Å². The van der Waals surface area contributed by atoms with Gasteiger partial charge in [0.15, 0.2) is 28.8 Å². The van der Waals surface area contributed by atoms with Gasteiger partial charge in [0, 0.05) is 5.56 Å². The molecule has 0 atom stereocenters. The average molecular weight is 362 g/mol. The minimum Gasteiger partial charge on any atom is -0.493 e. The van der Waals surface area contributed by atoms with Crippen molar-refractivity contribution in [3.8, 4) is 23.0 Å². The number of ketones is 1. The van der Waals surface area contributed by atoms with Gasteiger partial charge in [-0.3, -0.25) is 4.79 Å². The quantitative estimate of drug-likeness (QED) is 0.575. The van der Waals surface area contributed by atoms with Crippen LogP contribution in [-0.2, 0) is 0 Å². The second kappa shape index (κ2) is 7.86. The van der Waals surface area contributed by atoms with Crippen molar-refractivity contribution in [3.05, 3.63) is 53.6 Å². The van der Waals surface area contributed by atoms with Crippen molar-refractivity contribution in [2.24, 2.45) is 0 Å². The van der Waals surface area contributed by atoms with E-state index in [1.807, 2.05) is 0 Å². The number of hydrogen-bond donors (Lipinski definition) is 0. The van der Waals surface area contributed by atoms with Gasteiger partial charge in [0.05, 0.1) is 7.11 Å². The number of carbonyl (C=O) groups is 1. The van der Waals surface area contributed by atoms with E-state index < -0.39 is 6.61 Å². The van der Waals surface area contributed by atoms with Gasteiger partial charge < -0.3 is 18.9 Å². The van der Waals surface area contributed by atoms with Gasteiger partial charge in [-0.05, 0) is 42.0 Å². The van der Waals surface area contributed by atoms with E-state index in [4.69, 9.17) is 14.2 Å². The van der Waals surface area contributed by atoms with Crippen molar-refractivity contribution in [3.63, 3.8) is 0 Å². The lowest BCUT2D eigenvalue weighted by Crippen LogP contribution is -2.15. The van der Waals surface area contributed by atoms with Gasteiger partial charge in [-0.25, -0.2) is 0 Å². The van der Waals surface area contributed by atoms with Gasteiger partial charge in [0.25, 0.3) is 0 Å². The standard InChI is InChI=1S/C19H16F2O5/c1-23-15-6-3-12(10-18(15)26-19(20)21)2-5-14(22)13-4-7-16-17(11-13)25-9-8-24-16/h2-7,10-11,19H,8-9H2,1H3. The number of hydrogen-bond acceptors (Lipinski definition) is 5. The zero-order valence-electron chi connectivity index (χ0n) is 13.9. The van der Waals surface area contributed by atoms with E-state index >= 15 is 0 Å². The molecule has 7 heteroatoms. The third-order valence-corrected chi connectivity index (χ3v) is 3.66. The Morgan fingerprint density at radius 2 is 1.85 bits per heavy atom. The summed E-state index contributed by atoms with van der Waals surface area (Å²) in [5.74, 6) is 0.944. The fourth-order valence-corrected chi connectivity index (χ4v) is 2.45. The number of allylic oxidation sites excluding steroid dienone is 1. The van der Waals surface area contributed by atoms with E-state index in [1.54, 1.807) is 24.3 Å². The third-order valence-electron chi connectivity index (χ3n) is 3.66. The summed E-state index contributed by atoms with van der Waals surface area (Å²) in [5, 5.41) is 0. The Morgan fingerprint density at radius 3 is 2.58 bits per heavy atom. The van der Waals surface area contributed by atoms with E-state index in [-0.39, 0.29) is 17.3 Å². The van der Waals surface area contributed by atoms with Crippen LogP contribution in [0.25, 0.3) is 6.08 Å². The Kier molecular flexibility index (Phi) is 5.36. The molecule has 26 heavy (non-hydrogen) atoms. The van der Waals surface area contributed by atoms with Crippen molar-refractivity contribution in [2.75, 3.05) is 20.3 Å². The van der Waals surface area contributed by atoms with Crippen LogP contribution >= 0.6 is 0 Å².